The predicted molar refractivity (Wildman–Crippen MR) is 94.1 cm³/mol. The molecule has 4 heteroatoms. The summed E-state index contributed by atoms with van der Waals surface area (Å²) in [6.45, 7) is 3.22. The second-order valence-corrected chi connectivity index (χ2v) is 8.11. The summed E-state index contributed by atoms with van der Waals surface area (Å²) in [6, 6.07) is 6.41. The van der Waals surface area contributed by atoms with Gasteiger partial charge in [-0.25, -0.2) is 0 Å². The molecule has 1 aliphatic heterocycles. The van der Waals surface area contributed by atoms with E-state index in [9.17, 15) is 4.79 Å². The molecule has 3 atom stereocenters. The molecule has 1 saturated carbocycles. The summed E-state index contributed by atoms with van der Waals surface area (Å²) in [4.78, 5) is 15.0. The third kappa shape index (κ3) is 3.35. The molecule has 1 aromatic carbocycles. The SMILES string of the molecule is C[C@@H]1CCCC[C@@H]1N1CCC(Cc2ccc(Br)cc2Cl)C1=O. The maximum atomic E-state index is 12.8. The Kier molecular flexibility index (Phi) is 5.13. The molecule has 0 spiro atoms. The van der Waals surface area contributed by atoms with Gasteiger partial charge in [-0.2, -0.15) is 0 Å². The maximum absolute atomic E-state index is 12.8. The highest BCUT2D eigenvalue weighted by Gasteiger charge is 2.38. The molecule has 1 aromatic rings. The van der Waals surface area contributed by atoms with Crippen molar-refractivity contribution < 1.29 is 4.79 Å². The van der Waals surface area contributed by atoms with Gasteiger partial charge < -0.3 is 4.90 Å². The van der Waals surface area contributed by atoms with Gasteiger partial charge in [0.2, 0.25) is 5.91 Å². The summed E-state index contributed by atoms with van der Waals surface area (Å²) in [5.41, 5.74) is 1.08. The van der Waals surface area contributed by atoms with Crippen molar-refractivity contribution in [2.45, 2.75) is 51.5 Å². The van der Waals surface area contributed by atoms with Crippen LogP contribution in [0.4, 0.5) is 0 Å². The lowest BCUT2D eigenvalue weighted by Crippen LogP contribution is -2.43. The smallest absolute Gasteiger partial charge is 0.226 e. The first-order valence-electron chi connectivity index (χ1n) is 8.30. The summed E-state index contributed by atoms with van der Waals surface area (Å²) < 4.78 is 0.983. The number of rotatable bonds is 3. The van der Waals surface area contributed by atoms with Crippen molar-refractivity contribution in [1.82, 2.24) is 4.90 Å². The molecule has 3 rings (SSSR count). The van der Waals surface area contributed by atoms with Gasteiger partial charge in [0.25, 0.3) is 0 Å². The van der Waals surface area contributed by atoms with Crippen molar-refractivity contribution in [2.24, 2.45) is 11.8 Å². The number of carbonyl (C=O) groups excluding carboxylic acids is 1. The molecule has 2 fully saturated rings. The van der Waals surface area contributed by atoms with E-state index in [1.54, 1.807) is 0 Å². The topological polar surface area (TPSA) is 20.3 Å². The van der Waals surface area contributed by atoms with Crippen molar-refractivity contribution >= 4 is 33.4 Å². The van der Waals surface area contributed by atoms with Crippen molar-refractivity contribution in [3.05, 3.63) is 33.3 Å². The number of halogens is 2. The highest BCUT2D eigenvalue weighted by atomic mass is 79.9. The van der Waals surface area contributed by atoms with E-state index in [1.165, 1.54) is 25.7 Å². The van der Waals surface area contributed by atoms with Crippen LogP contribution in [0.3, 0.4) is 0 Å². The van der Waals surface area contributed by atoms with Crippen LogP contribution in [0, 0.1) is 11.8 Å². The minimum atomic E-state index is 0.104. The highest BCUT2D eigenvalue weighted by molar-refractivity contribution is 9.10. The number of likely N-dealkylation sites (tertiary alicyclic amines) is 1. The molecular formula is C18H23BrClNO. The molecule has 1 unspecified atom stereocenters. The number of nitrogens with zero attached hydrogens (tertiary/aromatic N) is 1. The summed E-state index contributed by atoms with van der Waals surface area (Å²) in [6.07, 6.45) is 6.76. The van der Waals surface area contributed by atoms with E-state index in [-0.39, 0.29) is 5.92 Å². The fourth-order valence-electron chi connectivity index (χ4n) is 3.99. The van der Waals surface area contributed by atoms with Crippen LogP contribution < -0.4 is 0 Å². The van der Waals surface area contributed by atoms with Crippen LogP contribution >= 0.6 is 27.5 Å². The van der Waals surface area contributed by atoms with Gasteiger partial charge in [0, 0.05) is 28.0 Å². The summed E-state index contributed by atoms with van der Waals surface area (Å²) in [5, 5.41) is 0.756. The van der Waals surface area contributed by atoms with Crippen molar-refractivity contribution in [3.8, 4) is 0 Å². The number of carbonyl (C=O) groups is 1. The van der Waals surface area contributed by atoms with Crippen LogP contribution in [-0.2, 0) is 11.2 Å². The fourth-order valence-corrected chi connectivity index (χ4v) is 4.74. The number of hydrogen-bond donors (Lipinski definition) is 0. The standard InChI is InChI=1S/C18H23BrClNO/c1-12-4-2-3-5-17(12)21-9-8-14(18(21)22)10-13-6-7-15(19)11-16(13)20/h6-7,11-12,14,17H,2-5,8-10H2,1H3/t12-,14?,17+/m1/s1. The van der Waals surface area contributed by atoms with Crippen LogP contribution in [0.25, 0.3) is 0 Å². The normalized spacial score (nSPS) is 29.1. The van der Waals surface area contributed by atoms with Crippen LogP contribution in [-0.4, -0.2) is 23.4 Å². The monoisotopic (exact) mass is 383 g/mol. The lowest BCUT2D eigenvalue weighted by atomic mass is 9.85. The predicted octanol–water partition coefficient (Wildman–Crippen LogP) is 5.07. The van der Waals surface area contributed by atoms with Crippen LogP contribution in [0.1, 0.15) is 44.6 Å². The fraction of sp³-hybridized carbons (Fsp3) is 0.611. The molecule has 0 aromatic heterocycles. The van der Waals surface area contributed by atoms with Gasteiger partial charge in [-0.05, 0) is 49.3 Å². The lowest BCUT2D eigenvalue weighted by molar-refractivity contribution is -0.134. The second kappa shape index (κ2) is 6.92. The average Bonchev–Trinajstić information content (AvgIpc) is 2.84. The molecule has 22 heavy (non-hydrogen) atoms. The Bertz CT molecular complexity index is 562. The molecule has 1 heterocycles. The maximum Gasteiger partial charge on any atom is 0.226 e. The quantitative estimate of drug-likeness (QED) is 0.712. The van der Waals surface area contributed by atoms with Gasteiger partial charge in [-0.1, -0.05) is 53.4 Å². The molecule has 0 radical (unpaired) electrons. The first-order valence-corrected chi connectivity index (χ1v) is 9.48. The van der Waals surface area contributed by atoms with E-state index in [2.05, 4.69) is 27.8 Å². The van der Waals surface area contributed by atoms with Crippen molar-refractivity contribution in [3.63, 3.8) is 0 Å². The van der Waals surface area contributed by atoms with Crippen molar-refractivity contribution in [1.29, 1.82) is 0 Å². The van der Waals surface area contributed by atoms with Crippen LogP contribution in [0.2, 0.25) is 5.02 Å². The highest BCUT2D eigenvalue weighted by Crippen LogP contribution is 2.34. The third-order valence-corrected chi connectivity index (χ3v) is 6.14. The number of amides is 1. The minimum absolute atomic E-state index is 0.104. The van der Waals surface area contributed by atoms with E-state index in [0.717, 1.165) is 34.4 Å². The molecule has 2 nitrogen and oxygen atoms in total. The lowest BCUT2D eigenvalue weighted by Gasteiger charge is -2.36. The van der Waals surface area contributed by atoms with E-state index in [0.29, 0.717) is 17.9 Å². The molecule has 2 aliphatic rings. The Hall–Kier alpha value is -0.540. The summed E-state index contributed by atoms with van der Waals surface area (Å²) in [7, 11) is 0. The second-order valence-electron chi connectivity index (χ2n) is 6.79. The largest absolute Gasteiger partial charge is 0.339 e. The molecule has 0 bridgehead atoms. The average molecular weight is 385 g/mol. The molecular weight excluding hydrogens is 362 g/mol. The van der Waals surface area contributed by atoms with E-state index < -0.39 is 0 Å². The Morgan fingerprint density at radius 1 is 1.27 bits per heavy atom. The van der Waals surface area contributed by atoms with E-state index in [4.69, 9.17) is 11.6 Å². The zero-order chi connectivity index (χ0) is 15.7. The van der Waals surface area contributed by atoms with Crippen LogP contribution in [0.5, 0.6) is 0 Å². The Labute approximate surface area is 146 Å². The molecule has 0 N–H and O–H groups in total. The van der Waals surface area contributed by atoms with Gasteiger partial charge in [0.15, 0.2) is 0 Å². The van der Waals surface area contributed by atoms with E-state index in [1.807, 2.05) is 18.2 Å². The Balaban J connectivity index is 1.68. The summed E-state index contributed by atoms with van der Waals surface area (Å²) in [5.74, 6) is 1.10. The van der Waals surface area contributed by atoms with E-state index >= 15 is 0 Å². The Morgan fingerprint density at radius 2 is 2.05 bits per heavy atom. The first-order chi connectivity index (χ1) is 10.6. The minimum Gasteiger partial charge on any atom is -0.339 e. The number of hydrogen-bond acceptors (Lipinski definition) is 1. The first kappa shape index (κ1) is 16.3. The number of benzene rings is 1. The van der Waals surface area contributed by atoms with Gasteiger partial charge in [-0.15, -0.1) is 0 Å². The van der Waals surface area contributed by atoms with Gasteiger partial charge in [-0.3, -0.25) is 4.79 Å². The molecule has 1 saturated heterocycles. The van der Waals surface area contributed by atoms with Gasteiger partial charge >= 0.3 is 0 Å². The van der Waals surface area contributed by atoms with Crippen molar-refractivity contribution in [2.75, 3.05) is 6.54 Å². The zero-order valence-electron chi connectivity index (χ0n) is 13.0. The van der Waals surface area contributed by atoms with Gasteiger partial charge in [0.1, 0.15) is 0 Å². The van der Waals surface area contributed by atoms with Crippen LogP contribution in [0.15, 0.2) is 22.7 Å². The molecule has 1 amide bonds. The Morgan fingerprint density at radius 3 is 2.77 bits per heavy atom. The van der Waals surface area contributed by atoms with Gasteiger partial charge in [0.05, 0.1) is 0 Å². The molecule has 1 aliphatic carbocycles. The third-order valence-electron chi connectivity index (χ3n) is 5.30. The summed E-state index contributed by atoms with van der Waals surface area (Å²) >= 11 is 9.74. The zero-order valence-corrected chi connectivity index (χ0v) is 15.4. The molecule has 120 valence electrons.